The Morgan fingerprint density at radius 1 is 1.08 bits per heavy atom. The van der Waals surface area contributed by atoms with Crippen molar-refractivity contribution in [2.24, 2.45) is 0 Å². The summed E-state index contributed by atoms with van der Waals surface area (Å²) in [6.45, 7) is 0.118. The van der Waals surface area contributed by atoms with Gasteiger partial charge < -0.3 is 9.47 Å². The molecule has 1 N–H and O–H groups in total. The van der Waals surface area contributed by atoms with Gasteiger partial charge in [0.15, 0.2) is 0 Å². The lowest BCUT2D eigenvalue weighted by Gasteiger charge is -2.19. The lowest BCUT2D eigenvalue weighted by molar-refractivity contribution is 0.105. The van der Waals surface area contributed by atoms with E-state index in [4.69, 9.17) is 21.1 Å². The van der Waals surface area contributed by atoms with Gasteiger partial charge in [0.1, 0.15) is 5.75 Å². The molecule has 0 fully saturated rings. The average Bonchev–Trinajstić information content (AvgIpc) is 2.57. The maximum Gasteiger partial charge on any atom is 0.215 e. The first-order chi connectivity index (χ1) is 11.4. The summed E-state index contributed by atoms with van der Waals surface area (Å²) in [4.78, 5) is 0. The predicted octanol–water partition coefficient (Wildman–Crippen LogP) is 3.16. The van der Waals surface area contributed by atoms with Gasteiger partial charge in [0.25, 0.3) is 0 Å². The van der Waals surface area contributed by atoms with Gasteiger partial charge >= 0.3 is 0 Å². The molecular weight excluding hydrogens is 350 g/mol. The highest BCUT2D eigenvalue weighted by molar-refractivity contribution is 7.88. The molecule has 0 aliphatic rings. The number of sulfonamides is 1. The summed E-state index contributed by atoms with van der Waals surface area (Å²) < 4.78 is 37.8. The van der Waals surface area contributed by atoms with Crippen molar-refractivity contribution in [2.45, 2.75) is 11.9 Å². The molecule has 7 heteroatoms. The van der Waals surface area contributed by atoms with Gasteiger partial charge in [-0.05, 0) is 23.8 Å². The SMILES string of the molecule is COc1ccccc1C(CNS(=O)(=O)Cc1ccc(Cl)cc1)OC. The Balaban J connectivity index is 2.05. The van der Waals surface area contributed by atoms with Crippen molar-refractivity contribution in [1.29, 1.82) is 0 Å². The fourth-order valence-corrected chi connectivity index (χ4v) is 3.57. The molecule has 1 unspecified atom stereocenters. The van der Waals surface area contributed by atoms with E-state index in [1.807, 2.05) is 24.3 Å². The summed E-state index contributed by atoms with van der Waals surface area (Å²) in [6, 6.07) is 14.1. The Kier molecular flexibility index (Phi) is 6.62. The van der Waals surface area contributed by atoms with Crippen LogP contribution in [0.1, 0.15) is 17.2 Å². The molecule has 2 aromatic rings. The van der Waals surface area contributed by atoms with Crippen molar-refractivity contribution in [3.05, 3.63) is 64.7 Å². The second kappa shape index (κ2) is 8.48. The monoisotopic (exact) mass is 369 g/mol. The molecular formula is C17H20ClNO4S. The largest absolute Gasteiger partial charge is 0.496 e. The molecule has 0 saturated heterocycles. The van der Waals surface area contributed by atoms with Crippen molar-refractivity contribution >= 4 is 21.6 Å². The van der Waals surface area contributed by atoms with Gasteiger partial charge in [0.05, 0.1) is 19.0 Å². The van der Waals surface area contributed by atoms with E-state index in [2.05, 4.69) is 4.72 Å². The third-order valence-electron chi connectivity index (χ3n) is 3.53. The molecule has 0 saturated carbocycles. The summed E-state index contributed by atoms with van der Waals surface area (Å²) in [5.41, 5.74) is 1.45. The summed E-state index contributed by atoms with van der Waals surface area (Å²) >= 11 is 5.81. The maximum atomic E-state index is 12.3. The minimum atomic E-state index is -3.49. The van der Waals surface area contributed by atoms with E-state index in [1.165, 1.54) is 7.11 Å². The first-order valence-corrected chi connectivity index (χ1v) is 9.35. The van der Waals surface area contributed by atoms with E-state index in [0.29, 0.717) is 16.3 Å². The summed E-state index contributed by atoms with van der Waals surface area (Å²) in [5.74, 6) is 0.535. The number of halogens is 1. The third-order valence-corrected chi connectivity index (χ3v) is 5.10. The quantitative estimate of drug-likeness (QED) is 0.776. The number of rotatable bonds is 8. The fourth-order valence-electron chi connectivity index (χ4n) is 2.31. The lowest BCUT2D eigenvalue weighted by atomic mass is 10.1. The molecule has 0 radical (unpaired) electrons. The zero-order valence-electron chi connectivity index (χ0n) is 13.5. The smallest absolute Gasteiger partial charge is 0.215 e. The van der Waals surface area contributed by atoms with E-state index < -0.39 is 16.1 Å². The van der Waals surface area contributed by atoms with Crippen LogP contribution in [0.4, 0.5) is 0 Å². The Morgan fingerprint density at radius 3 is 2.38 bits per heavy atom. The Labute approximate surface area is 147 Å². The zero-order chi connectivity index (χ0) is 17.6. The molecule has 1 atom stereocenters. The van der Waals surface area contributed by atoms with Crippen LogP contribution >= 0.6 is 11.6 Å². The molecule has 0 heterocycles. The predicted molar refractivity (Wildman–Crippen MR) is 94.8 cm³/mol. The Morgan fingerprint density at radius 2 is 1.75 bits per heavy atom. The number of benzene rings is 2. The first-order valence-electron chi connectivity index (χ1n) is 7.32. The van der Waals surface area contributed by atoms with Crippen molar-refractivity contribution in [1.82, 2.24) is 4.72 Å². The Bertz CT molecular complexity index is 762. The molecule has 0 amide bonds. The van der Waals surface area contributed by atoms with Gasteiger partial charge in [-0.15, -0.1) is 0 Å². The van der Waals surface area contributed by atoms with Crippen LogP contribution < -0.4 is 9.46 Å². The van der Waals surface area contributed by atoms with Crippen LogP contribution in [0.15, 0.2) is 48.5 Å². The number of ether oxygens (including phenoxy) is 2. The van der Waals surface area contributed by atoms with Crippen molar-refractivity contribution in [3.63, 3.8) is 0 Å². The van der Waals surface area contributed by atoms with Crippen LogP contribution in [0.3, 0.4) is 0 Å². The molecule has 2 aromatic carbocycles. The molecule has 24 heavy (non-hydrogen) atoms. The van der Waals surface area contributed by atoms with E-state index in [-0.39, 0.29) is 12.3 Å². The highest BCUT2D eigenvalue weighted by atomic mass is 35.5. The minimum absolute atomic E-state index is 0.118. The maximum absolute atomic E-state index is 12.3. The molecule has 2 rings (SSSR count). The second-order valence-corrected chi connectivity index (χ2v) is 7.44. The van der Waals surface area contributed by atoms with Crippen molar-refractivity contribution < 1.29 is 17.9 Å². The van der Waals surface area contributed by atoms with Crippen molar-refractivity contribution in [2.75, 3.05) is 20.8 Å². The number of para-hydroxylation sites is 1. The van der Waals surface area contributed by atoms with Gasteiger partial charge in [-0.25, -0.2) is 13.1 Å². The van der Waals surface area contributed by atoms with E-state index in [9.17, 15) is 8.42 Å². The number of hydrogen-bond acceptors (Lipinski definition) is 4. The van der Waals surface area contributed by atoms with E-state index >= 15 is 0 Å². The molecule has 0 spiro atoms. The number of nitrogens with one attached hydrogen (secondary N) is 1. The van der Waals surface area contributed by atoms with E-state index in [0.717, 1.165) is 5.56 Å². The molecule has 0 aliphatic carbocycles. The second-order valence-electron chi connectivity index (χ2n) is 5.20. The van der Waals surface area contributed by atoms with Crippen LogP contribution in [0.5, 0.6) is 5.75 Å². The van der Waals surface area contributed by atoms with Crippen molar-refractivity contribution in [3.8, 4) is 5.75 Å². The van der Waals surface area contributed by atoms with Crippen LogP contribution in [-0.2, 0) is 20.5 Å². The van der Waals surface area contributed by atoms with Gasteiger partial charge in [-0.1, -0.05) is 41.9 Å². The fraction of sp³-hybridized carbons (Fsp3) is 0.294. The summed E-state index contributed by atoms with van der Waals surface area (Å²) in [5, 5.41) is 0.569. The van der Waals surface area contributed by atoms with Gasteiger partial charge in [0, 0.05) is 24.2 Å². The molecule has 0 aliphatic heterocycles. The van der Waals surface area contributed by atoms with Crippen LogP contribution in [0.25, 0.3) is 0 Å². The van der Waals surface area contributed by atoms with Crippen LogP contribution in [0, 0.1) is 0 Å². The third kappa shape index (κ3) is 5.21. The standard InChI is InChI=1S/C17H20ClNO4S/c1-22-16-6-4-3-5-15(16)17(23-2)11-19-24(20,21)12-13-7-9-14(18)10-8-13/h3-10,17,19H,11-12H2,1-2H3. The summed E-state index contributed by atoms with van der Waals surface area (Å²) in [7, 11) is -0.396. The zero-order valence-corrected chi connectivity index (χ0v) is 15.1. The molecule has 0 bridgehead atoms. The van der Waals surface area contributed by atoms with Gasteiger partial charge in [-0.3, -0.25) is 0 Å². The highest BCUT2D eigenvalue weighted by Gasteiger charge is 2.19. The molecule has 130 valence electrons. The lowest BCUT2D eigenvalue weighted by Crippen LogP contribution is -2.30. The molecule has 0 aromatic heterocycles. The summed E-state index contributed by atoms with van der Waals surface area (Å²) in [6.07, 6.45) is -0.443. The van der Waals surface area contributed by atoms with Gasteiger partial charge in [-0.2, -0.15) is 0 Å². The Hall–Kier alpha value is -1.60. The number of methoxy groups -OCH3 is 2. The van der Waals surface area contributed by atoms with E-state index in [1.54, 1.807) is 31.4 Å². The normalized spacial score (nSPS) is 12.8. The highest BCUT2D eigenvalue weighted by Crippen LogP contribution is 2.26. The average molecular weight is 370 g/mol. The van der Waals surface area contributed by atoms with Crippen LogP contribution in [0.2, 0.25) is 5.02 Å². The number of hydrogen-bond donors (Lipinski definition) is 1. The topological polar surface area (TPSA) is 64.6 Å². The van der Waals surface area contributed by atoms with Crippen LogP contribution in [-0.4, -0.2) is 29.2 Å². The molecule has 5 nitrogen and oxygen atoms in total. The minimum Gasteiger partial charge on any atom is -0.496 e. The first kappa shape index (κ1) is 18.7. The van der Waals surface area contributed by atoms with Gasteiger partial charge in [0.2, 0.25) is 10.0 Å².